The molecule has 7 rings (SSSR count). The molecule has 13 nitrogen and oxygen atoms in total. The molecule has 0 unspecified atom stereocenters. The van der Waals surface area contributed by atoms with E-state index in [1.54, 1.807) is 35.0 Å². The number of ether oxygens (including phenoxy) is 2. The lowest BCUT2D eigenvalue weighted by Crippen LogP contribution is -2.44. The van der Waals surface area contributed by atoms with E-state index < -0.39 is 0 Å². The van der Waals surface area contributed by atoms with Gasteiger partial charge in [-0.2, -0.15) is 4.98 Å². The number of piperazine rings is 1. The van der Waals surface area contributed by atoms with Gasteiger partial charge in [0.15, 0.2) is 29.6 Å². The average Bonchev–Trinajstić information content (AvgIpc) is 3.26. The average molecular weight is 556 g/mol. The Morgan fingerprint density at radius 1 is 1.02 bits per heavy atom. The minimum atomic E-state index is -0.273. The predicted molar refractivity (Wildman–Crippen MR) is 155 cm³/mol. The molecule has 3 aromatic heterocycles. The summed E-state index contributed by atoms with van der Waals surface area (Å²) in [6.45, 7) is 4.25. The summed E-state index contributed by atoms with van der Waals surface area (Å²) in [7, 11) is 3.79. The SMILES string of the molecule is COc1cc(Nc2ncc3c(=O)n4n(c3n2)-c2ccc3c(n2)N(CC/C=C\4)C(=O)CO3)ccc1N1CCN(C)CC1. The van der Waals surface area contributed by atoms with Gasteiger partial charge in [0.2, 0.25) is 5.95 Å². The van der Waals surface area contributed by atoms with E-state index >= 15 is 0 Å². The van der Waals surface area contributed by atoms with E-state index in [0.717, 1.165) is 43.3 Å². The van der Waals surface area contributed by atoms with Crippen molar-refractivity contribution < 1.29 is 14.3 Å². The minimum Gasteiger partial charge on any atom is -0.495 e. The van der Waals surface area contributed by atoms with Gasteiger partial charge in [-0.25, -0.2) is 19.3 Å². The van der Waals surface area contributed by atoms with Crippen molar-refractivity contribution in [3.8, 4) is 17.3 Å². The van der Waals surface area contributed by atoms with Crippen molar-refractivity contribution in [2.45, 2.75) is 6.42 Å². The highest BCUT2D eigenvalue weighted by Gasteiger charge is 2.28. The zero-order chi connectivity index (χ0) is 28.1. The van der Waals surface area contributed by atoms with Crippen LogP contribution in [0.25, 0.3) is 23.1 Å². The van der Waals surface area contributed by atoms with Crippen molar-refractivity contribution in [2.75, 3.05) is 68.6 Å². The number of pyridine rings is 1. The maximum Gasteiger partial charge on any atom is 0.282 e. The van der Waals surface area contributed by atoms with Crippen LogP contribution in [0.4, 0.5) is 23.1 Å². The second-order valence-electron chi connectivity index (χ2n) is 10.2. The number of benzene rings is 1. The third kappa shape index (κ3) is 4.34. The maximum absolute atomic E-state index is 13.4. The third-order valence-corrected chi connectivity index (χ3v) is 7.62. The van der Waals surface area contributed by atoms with Crippen molar-refractivity contribution in [2.24, 2.45) is 0 Å². The van der Waals surface area contributed by atoms with E-state index in [9.17, 15) is 9.59 Å². The Hall–Kier alpha value is -4.91. The fourth-order valence-corrected chi connectivity index (χ4v) is 5.40. The van der Waals surface area contributed by atoms with Gasteiger partial charge >= 0.3 is 0 Å². The number of likely N-dealkylation sites (N-methyl/N-ethyl adjacent to an activating group) is 1. The minimum absolute atomic E-state index is 0.0295. The first-order chi connectivity index (χ1) is 20.0. The number of rotatable bonds is 4. The zero-order valence-corrected chi connectivity index (χ0v) is 22.8. The van der Waals surface area contributed by atoms with Gasteiger partial charge in [-0.1, -0.05) is 6.08 Å². The van der Waals surface area contributed by atoms with Crippen molar-refractivity contribution in [3.05, 3.63) is 53.0 Å². The molecule has 1 amide bonds. The second kappa shape index (κ2) is 9.93. The lowest BCUT2D eigenvalue weighted by atomic mass is 10.2. The van der Waals surface area contributed by atoms with Gasteiger partial charge in [-0.05, 0) is 37.7 Å². The molecule has 1 N–H and O–H groups in total. The first kappa shape index (κ1) is 25.1. The molecule has 210 valence electrons. The Balaban J connectivity index is 1.28. The molecule has 4 aromatic rings. The van der Waals surface area contributed by atoms with Crippen LogP contribution in [0.2, 0.25) is 0 Å². The molecule has 3 aliphatic rings. The molecular weight excluding hydrogens is 526 g/mol. The van der Waals surface area contributed by atoms with Gasteiger partial charge in [0.25, 0.3) is 11.5 Å². The largest absolute Gasteiger partial charge is 0.495 e. The summed E-state index contributed by atoms with van der Waals surface area (Å²) in [5, 5.41) is 3.60. The predicted octanol–water partition coefficient (Wildman–Crippen LogP) is 2.08. The number of hydrogen-bond acceptors (Lipinski definition) is 10. The first-order valence-corrected chi connectivity index (χ1v) is 13.5. The summed E-state index contributed by atoms with van der Waals surface area (Å²) in [6.07, 6.45) is 5.59. The molecule has 3 aliphatic heterocycles. The topological polar surface area (TPSA) is 123 Å². The molecule has 0 aliphatic carbocycles. The number of nitrogens with one attached hydrogen (secondary N) is 1. The molecule has 0 atom stereocenters. The van der Waals surface area contributed by atoms with Crippen LogP contribution in [0.5, 0.6) is 11.5 Å². The monoisotopic (exact) mass is 555 g/mol. The molecular formula is C28H29N9O4. The molecule has 0 radical (unpaired) electrons. The van der Waals surface area contributed by atoms with E-state index in [4.69, 9.17) is 19.4 Å². The maximum atomic E-state index is 13.4. The standard InChI is InChI=1S/C28H29N9O4/c1-33-11-13-34(14-12-33)20-6-5-18(15-22(20)40-2)30-28-29-16-19-25(32-28)37-23-8-7-21-26(31-23)35(24(38)17-41-21)9-3-4-10-36(37)27(19)39/h4-8,10,15-16H,3,9,11-14,17H2,1-2H3,(H,29,30,32)/b10-4-. The summed E-state index contributed by atoms with van der Waals surface area (Å²) in [5.74, 6) is 2.28. The van der Waals surface area contributed by atoms with E-state index in [1.807, 2.05) is 24.3 Å². The van der Waals surface area contributed by atoms with Gasteiger partial charge in [0, 0.05) is 56.9 Å². The summed E-state index contributed by atoms with van der Waals surface area (Å²) in [4.78, 5) is 46.1. The van der Waals surface area contributed by atoms with Crippen LogP contribution in [0.1, 0.15) is 6.42 Å². The number of nitrogens with zero attached hydrogens (tertiary/aromatic N) is 8. The van der Waals surface area contributed by atoms with Crippen molar-refractivity contribution in [3.63, 3.8) is 0 Å². The number of hydrogen-bond donors (Lipinski definition) is 1. The summed E-state index contributed by atoms with van der Waals surface area (Å²) in [6, 6.07) is 9.43. The Kier molecular flexibility index (Phi) is 6.07. The number of amides is 1. The molecule has 1 saturated heterocycles. The van der Waals surface area contributed by atoms with E-state index in [-0.39, 0.29) is 18.1 Å². The molecule has 0 saturated carbocycles. The Bertz CT molecular complexity index is 1750. The van der Waals surface area contributed by atoms with E-state index in [1.165, 1.54) is 10.9 Å². The van der Waals surface area contributed by atoms with Crippen molar-refractivity contribution >= 4 is 46.3 Å². The number of methoxy groups -OCH3 is 1. The van der Waals surface area contributed by atoms with Gasteiger partial charge in [-0.15, -0.1) is 0 Å². The normalized spacial score (nSPS) is 17.7. The van der Waals surface area contributed by atoms with Crippen LogP contribution >= 0.6 is 0 Å². The molecule has 1 fully saturated rings. The zero-order valence-electron chi connectivity index (χ0n) is 22.8. The number of aromatic nitrogens is 5. The summed E-state index contributed by atoms with van der Waals surface area (Å²) >= 11 is 0. The Morgan fingerprint density at radius 2 is 1.88 bits per heavy atom. The number of anilines is 4. The highest BCUT2D eigenvalue weighted by molar-refractivity contribution is 5.97. The smallest absolute Gasteiger partial charge is 0.282 e. The third-order valence-electron chi connectivity index (χ3n) is 7.62. The lowest BCUT2D eigenvalue weighted by molar-refractivity contribution is -0.121. The first-order valence-electron chi connectivity index (χ1n) is 13.5. The highest BCUT2D eigenvalue weighted by Crippen LogP contribution is 2.34. The Morgan fingerprint density at radius 3 is 2.71 bits per heavy atom. The van der Waals surface area contributed by atoms with E-state index in [0.29, 0.717) is 47.3 Å². The molecule has 13 heteroatoms. The van der Waals surface area contributed by atoms with Crippen LogP contribution in [0.3, 0.4) is 0 Å². The molecule has 0 spiro atoms. The van der Waals surface area contributed by atoms with Gasteiger partial charge < -0.3 is 24.6 Å². The van der Waals surface area contributed by atoms with Crippen molar-refractivity contribution in [1.29, 1.82) is 0 Å². The molecule has 6 heterocycles. The fraction of sp³-hybridized carbons (Fsp3) is 0.321. The van der Waals surface area contributed by atoms with Crippen LogP contribution in [-0.4, -0.2) is 88.6 Å². The lowest BCUT2D eigenvalue weighted by Gasteiger charge is -2.34. The fourth-order valence-electron chi connectivity index (χ4n) is 5.40. The Labute approximate surface area is 235 Å². The highest BCUT2D eigenvalue weighted by atomic mass is 16.5. The van der Waals surface area contributed by atoms with Crippen LogP contribution in [-0.2, 0) is 4.79 Å². The second-order valence-corrected chi connectivity index (χ2v) is 10.2. The molecule has 41 heavy (non-hydrogen) atoms. The van der Waals surface area contributed by atoms with Gasteiger partial charge in [0.1, 0.15) is 11.1 Å². The van der Waals surface area contributed by atoms with Crippen LogP contribution in [0, 0.1) is 0 Å². The van der Waals surface area contributed by atoms with E-state index in [2.05, 4.69) is 27.1 Å². The number of fused-ring (bicyclic) bond motifs is 5. The van der Waals surface area contributed by atoms with Crippen LogP contribution in [0.15, 0.2) is 47.4 Å². The van der Waals surface area contributed by atoms with Crippen molar-refractivity contribution in [1.82, 2.24) is 29.2 Å². The van der Waals surface area contributed by atoms with Gasteiger partial charge in [0.05, 0.1) is 12.8 Å². The summed E-state index contributed by atoms with van der Waals surface area (Å²) < 4.78 is 14.4. The number of carbonyl (C=O) groups excluding carboxylic acids is 1. The van der Waals surface area contributed by atoms with Crippen LogP contribution < -0.4 is 30.1 Å². The molecule has 1 aromatic carbocycles. The number of carbonyl (C=O) groups is 1. The van der Waals surface area contributed by atoms with Gasteiger partial charge in [-0.3, -0.25) is 14.5 Å². The molecule has 2 bridgehead atoms. The summed E-state index contributed by atoms with van der Waals surface area (Å²) in [5.41, 5.74) is 1.89. The quantitative estimate of drug-likeness (QED) is 0.400.